The average Bonchev–Trinajstić information content (AvgIpc) is 2.19. The van der Waals surface area contributed by atoms with Crippen LogP contribution in [0.15, 0.2) is 18.2 Å². The van der Waals surface area contributed by atoms with Gasteiger partial charge in [0, 0.05) is 0 Å². The molecule has 0 saturated heterocycles. The van der Waals surface area contributed by atoms with Crippen LogP contribution < -0.4 is 5.73 Å². The molecule has 3 N–H and O–H groups in total. The predicted octanol–water partition coefficient (Wildman–Crippen LogP) is 1.77. The van der Waals surface area contributed by atoms with Crippen LogP contribution >= 0.6 is 0 Å². The highest BCUT2D eigenvalue weighted by molar-refractivity contribution is 5.27. The molecule has 1 aromatic rings. The van der Waals surface area contributed by atoms with Crippen molar-refractivity contribution in [3.05, 3.63) is 35.1 Å². The van der Waals surface area contributed by atoms with E-state index in [9.17, 15) is 4.39 Å². The van der Waals surface area contributed by atoms with E-state index in [1.807, 2.05) is 6.92 Å². The second-order valence-corrected chi connectivity index (χ2v) is 3.49. The molecule has 0 aliphatic rings. The molecular weight excluding hydrogens is 181 g/mol. The number of aliphatic hydroxyl groups excluding tert-OH is 1. The van der Waals surface area contributed by atoms with E-state index in [1.54, 1.807) is 12.1 Å². The first-order valence-electron chi connectivity index (χ1n) is 4.78. The second-order valence-electron chi connectivity index (χ2n) is 3.49. The molecule has 1 aromatic carbocycles. The number of rotatable bonds is 4. The molecule has 1 unspecified atom stereocenters. The van der Waals surface area contributed by atoms with Gasteiger partial charge in [-0.1, -0.05) is 19.1 Å². The minimum absolute atomic E-state index is 0.0530. The SMILES string of the molecule is CC(CCN)c1cc(CO)ccc1F. The van der Waals surface area contributed by atoms with E-state index in [1.165, 1.54) is 6.07 Å². The summed E-state index contributed by atoms with van der Waals surface area (Å²) in [5.74, 6) is -0.116. The van der Waals surface area contributed by atoms with Crippen molar-refractivity contribution in [1.82, 2.24) is 0 Å². The van der Waals surface area contributed by atoms with Gasteiger partial charge in [0.1, 0.15) is 5.82 Å². The smallest absolute Gasteiger partial charge is 0.126 e. The van der Waals surface area contributed by atoms with Crippen molar-refractivity contribution in [3.63, 3.8) is 0 Å². The summed E-state index contributed by atoms with van der Waals surface area (Å²) < 4.78 is 13.4. The Bertz CT molecular complexity index is 301. The fourth-order valence-corrected chi connectivity index (χ4v) is 1.47. The molecule has 14 heavy (non-hydrogen) atoms. The van der Waals surface area contributed by atoms with Gasteiger partial charge in [-0.25, -0.2) is 4.39 Å². The Hall–Kier alpha value is -0.930. The molecule has 0 fully saturated rings. The molecule has 0 aromatic heterocycles. The monoisotopic (exact) mass is 197 g/mol. The van der Waals surface area contributed by atoms with Gasteiger partial charge in [-0.3, -0.25) is 0 Å². The Morgan fingerprint density at radius 2 is 2.21 bits per heavy atom. The number of halogens is 1. The zero-order valence-electron chi connectivity index (χ0n) is 8.33. The Kier molecular flexibility index (Phi) is 4.04. The molecule has 2 nitrogen and oxygen atoms in total. The van der Waals surface area contributed by atoms with Crippen LogP contribution in [0, 0.1) is 5.82 Å². The maximum Gasteiger partial charge on any atom is 0.126 e. The number of benzene rings is 1. The van der Waals surface area contributed by atoms with Crippen molar-refractivity contribution in [3.8, 4) is 0 Å². The quantitative estimate of drug-likeness (QED) is 0.772. The van der Waals surface area contributed by atoms with Crippen LogP contribution in [0.4, 0.5) is 4.39 Å². The van der Waals surface area contributed by atoms with Gasteiger partial charge in [0.05, 0.1) is 6.61 Å². The van der Waals surface area contributed by atoms with E-state index >= 15 is 0 Å². The van der Waals surface area contributed by atoms with Crippen molar-refractivity contribution < 1.29 is 9.50 Å². The van der Waals surface area contributed by atoms with Gasteiger partial charge in [-0.05, 0) is 36.1 Å². The summed E-state index contributed by atoms with van der Waals surface area (Å²) in [6.45, 7) is 2.43. The number of hydrogen-bond acceptors (Lipinski definition) is 2. The van der Waals surface area contributed by atoms with Crippen LogP contribution in [0.3, 0.4) is 0 Å². The predicted molar refractivity (Wildman–Crippen MR) is 54.4 cm³/mol. The van der Waals surface area contributed by atoms with E-state index < -0.39 is 0 Å². The minimum Gasteiger partial charge on any atom is -0.392 e. The lowest BCUT2D eigenvalue weighted by molar-refractivity contribution is 0.281. The van der Waals surface area contributed by atoms with E-state index in [4.69, 9.17) is 10.8 Å². The Labute approximate surface area is 83.6 Å². The van der Waals surface area contributed by atoms with Crippen LogP contribution in [0.1, 0.15) is 30.4 Å². The van der Waals surface area contributed by atoms with Crippen LogP contribution in [0.5, 0.6) is 0 Å². The third-order valence-electron chi connectivity index (χ3n) is 2.37. The van der Waals surface area contributed by atoms with Crippen LogP contribution in [0.2, 0.25) is 0 Å². The van der Waals surface area contributed by atoms with Crippen molar-refractivity contribution in [2.45, 2.75) is 25.9 Å². The summed E-state index contributed by atoms with van der Waals surface area (Å²) in [7, 11) is 0. The Morgan fingerprint density at radius 1 is 1.50 bits per heavy atom. The highest BCUT2D eigenvalue weighted by Gasteiger charge is 2.10. The summed E-state index contributed by atoms with van der Waals surface area (Å²) >= 11 is 0. The van der Waals surface area contributed by atoms with Gasteiger partial charge in [-0.15, -0.1) is 0 Å². The van der Waals surface area contributed by atoms with Gasteiger partial charge in [-0.2, -0.15) is 0 Å². The average molecular weight is 197 g/mol. The second kappa shape index (κ2) is 5.08. The summed E-state index contributed by atoms with van der Waals surface area (Å²) in [4.78, 5) is 0. The van der Waals surface area contributed by atoms with E-state index in [0.29, 0.717) is 12.1 Å². The lowest BCUT2D eigenvalue weighted by atomic mass is 9.96. The highest BCUT2D eigenvalue weighted by Crippen LogP contribution is 2.22. The topological polar surface area (TPSA) is 46.2 Å². The largest absolute Gasteiger partial charge is 0.392 e. The van der Waals surface area contributed by atoms with Crippen LogP contribution in [0.25, 0.3) is 0 Å². The van der Waals surface area contributed by atoms with Crippen molar-refractivity contribution >= 4 is 0 Å². The van der Waals surface area contributed by atoms with E-state index in [2.05, 4.69) is 0 Å². The first-order chi connectivity index (χ1) is 6.69. The summed E-state index contributed by atoms with van der Waals surface area (Å²) in [5, 5.41) is 8.92. The molecular formula is C11H16FNO. The van der Waals surface area contributed by atoms with Gasteiger partial charge in [0.15, 0.2) is 0 Å². The lowest BCUT2D eigenvalue weighted by Crippen LogP contribution is -2.06. The summed E-state index contributed by atoms with van der Waals surface area (Å²) in [6.07, 6.45) is 0.756. The molecule has 0 amide bonds. The van der Waals surface area contributed by atoms with Gasteiger partial charge in [0.25, 0.3) is 0 Å². The van der Waals surface area contributed by atoms with Gasteiger partial charge < -0.3 is 10.8 Å². The first-order valence-corrected chi connectivity index (χ1v) is 4.78. The maximum absolute atomic E-state index is 13.4. The van der Waals surface area contributed by atoms with Crippen molar-refractivity contribution in [2.75, 3.05) is 6.54 Å². The zero-order valence-corrected chi connectivity index (χ0v) is 8.33. The fourth-order valence-electron chi connectivity index (χ4n) is 1.47. The molecule has 0 heterocycles. The van der Waals surface area contributed by atoms with Gasteiger partial charge >= 0.3 is 0 Å². The fraction of sp³-hybridized carbons (Fsp3) is 0.455. The normalized spacial score (nSPS) is 12.9. The van der Waals surface area contributed by atoms with Crippen molar-refractivity contribution in [2.24, 2.45) is 5.73 Å². The third kappa shape index (κ3) is 2.53. The Morgan fingerprint density at radius 3 is 2.79 bits per heavy atom. The molecule has 0 aliphatic heterocycles. The lowest BCUT2D eigenvalue weighted by Gasteiger charge is -2.12. The minimum atomic E-state index is -0.219. The standard InChI is InChI=1S/C11H16FNO/c1-8(4-5-13)10-6-9(7-14)2-3-11(10)12/h2-3,6,8,14H,4-5,7,13H2,1H3. The third-order valence-corrected chi connectivity index (χ3v) is 2.37. The van der Waals surface area contributed by atoms with Crippen LogP contribution in [-0.4, -0.2) is 11.7 Å². The van der Waals surface area contributed by atoms with E-state index in [0.717, 1.165) is 12.0 Å². The molecule has 0 saturated carbocycles. The highest BCUT2D eigenvalue weighted by atomic mass is 19.1. The maximum atomic E-state index is 13.4. The molecule has 0 aliphatic carbocycles. The molecule has 0 spiro atoms. The Balaban J connectivity index is 2.93. The molecule has 0 bridgehead atoms. The summed E-state index contributed by atoms with van der Waals surface area (Å²) in [5.41, 5.74) is 6.80. The van der Waals surface area contributed by atoms with Gasteiger partial charge in [0.2, 0.25) is 0 Å². The number of nitrogens with two attached hydrogens (primary N) is 1. The van der Waals surface area contributed by atoms with Crippen molar-refractivity contribution in [1.29, 1.82) is 0 Å². The first kappa shape index (κ1) is 11.1. The molecule has 0 radical (unpaired) electrons. The number of aliphatic hydroxyl groups is 1. The molecule has 1 rings (SSSR count). The molecule has 78 valence electrons. The molecule has 3 heteroatoms. The summed E-state index contributed by atoms with van der Waals surface area (Å²) in [6, 6.07) is 4.69. The van der Waals surface area contributed by atoms with E-state index in [-0.39, 0.29) is 18.3 Å². The van der Waals surface area contributed by atoms with Crippen LogP contribution in [-0.2, 0) is 6.61 Å². The number of hydrogen-bond donors (Lipinski definition) is 2. The molecule has 1 atom stereocenters. The zero-order chi connectivity index (χ0) is 10.6.